The molecular weight excluding hydrogens is 252 g/mol. The monoisotopic (exact) mass is 274 g/mol. The van der Waals surface area contributed by atoms with Gasteiger partial charge in [0.15, 0.2) is 0 Å². The summed E-state index contributed by atoms with van der Waals surface area (Å²) in [6.45, 7) is 3.54. The molecule has 20 heavy (non-hydrogen) atoms. The summed E-state index contributed by atoms with van der Waals surface area (Å²) in [5.74, 6) is 0.841. The molecule has 0 aliphatic carbocycles. The second-order valence-electron chi connectivity index (χ2n) is 5.16. The lowest BCUT2D eigenvalue weighted by Crippen LogP contribution is -2.19. The third kappa shape index (κ3) is 4.75. The number of rotatable bonds is 7. The first kappa shape index (κ1) is 14.7. The highest BCUT2D eigenvalue weighted by molar-refractivity contribution is 5.48. The molecule has 1 aromatic carbocycles. The van der Waals surface area contributed by atoms with Gasteiger partial charge < -0.3 is 14.8 Å². The molecule has 2 unspecified atom stereocenters. The van der Waals surface area contributed by atoms with Gasteiger partial charge in [-0.15, -0.1) is 0 Å². The summed E-state index contributed by atoms with van der Waals surface area (Å²) in [5.41, 5.74) is 1.05. The number of hydrogen-bond donors (Lipinski definition) is 1. The maximum atomic E-state index is 8.47. The van der Waals surface area contributed by atoms with Crippen LogP contribution in [0.3, 0.4) is 0 Å². The van der Waals surface area contributed by atoms with Crippen molar-refractivity contribution in [3.8, 4) is 11.8 Å². The van der Waals surface area contributed by atoms with Crippen LogP contribution in [0.1, 0.15) is 32.6 Å². The summed E-state index contributed by atoms with van der Waals surface area (Å²) in [4.78, 5) is 0. The molecular formula is C16H22N2O2. The van der Waals surface area contributed by atoms with Crippen molar-refractivity contribution in [1.82, 2.24) is 0 Å². The molecule has 1 saturated heterocycles. The van der Waals surface area contributed by atoms with Crippen LogP contribution in [0.4, 0.5) is 5.69 Å². The summed E-state index contributed by atoms with van der Waals surface area (Å²) in [6.07, 6.45) is 4.27. The van der Waals surface area contributed by atoms with Crippen LogP contribution >= 0.6 is 0 Å². The minimum Gasteiger partial charge on any atom is -0.493 e. The van der Waals surface area contributed by atoms with Crippen molar-refractivity contribution in [2.45, 2.75) is 44.8 Å². The van der Waals surface area contributed by atoms with Crippen molar-refractivity contribution in [2.24, 2.45) is 0 Å². The zero-order valence-corrected chi connectivity index (χ0v) is 12.0. The molecule has 0 aromatic heterocycles. The van der Waals surface area contributed by atoms with Gasteiger partial charge in [-0.1, -0.05) is 6.07 Å². The zero-order valence-electron chi connectivity index (χ0n) is 12.0. The normalized spacial score (nSPS) is 21.4. The lowest BCUT2D eigenvalue weighted by Gasteiger charge is -2.14. The number of nitrogens with zero attached hydrogens (tertiary/aromatic N) is 1. The summed E-state index contributed by atoms with van der Waals surface area (Å²) < 4.78 is 11.4. The lowest BCUT2D eigenvalue weighted by atomic mass is 10.2. The Hall–Kier alpha value is -1.73. The molecule has 108 valence electrons. The van der Waals surface area contributed by atoms with Gasteiger partial charge in [-0.3, -0.25) is 0 Å². The number of ether oxygens (including phenoxy) is 2. The van der Waals surface area contributed by atoms with Gasteiger partial charge in [0.25, 0.3) is 0 Å². The van der Waals surface area contributed by atoms with Crippen LogP contribution in [0, 0.1) is 11.3 Å². The smallest absolute Gasteiger partial charge is 0.121 e. The molecule has 1 N–H and O–H groups in total. The Bertz CT molecular complexity index is 456. The standard InChI is InChI=1S/C16H22N2O2/c1-13-7-8-16(20-13)12-18-14-5-4-6-15(11-14)19-10-3-2-9-17/h4-6,11,13,16,18H,2-3,7-8,10,12H2,1H3. The Kier molecular flexibility index (Phi) is 5.69. The van der Waals surface area contributed by atoms with Gasteiger partial charge in [-0.2, -0.15) is 5.26 Å². The molecule has 1 heterocycles. The maximum Gasteiger partial charge on any atom is 0.121 e. The Morgan fingerprint density at radius 3 is 3.10 bits per heavy atom. The highest BCUT2D eigenvalue weighted by Crippen LogP contribution is 2.21. The van der Waals surface area contributed by atoms with E-state index in [-0.39, 0.29) is 0 Å². The highest BCUT2D eigenvalue weighted by Gasteiger charge is 2.21. The first-order valence-corrected chi connectivity index (χ1v) is 7.27. The first-order chi connectivity index (χ1) is 9.78. The van der Waals surface area contributed by atoms with E-state index < -0.39 is 0 Å². The fraction of sp³-hybridized carbons (Fsp3) is 0.562. The molecule has 1 fully saturated rings. The topological polar surface area (TPSA) is 54.3 Å². The van der Waals surface area contributed by atoms with Crippen molar-refractivity contribution in [2.75, 3.05) is 18.5 Å². The third-order valence-corrected chi connectivity index (χ3v) is 3.39. The van der Waals surface area contributed by atoms with Crippen molar-refractivity contribution in [1.29, 1.82) is 5.26 Å². The summed E-state index contributed by atoms with van der Waals surface area (Å²) in [7, 11) is 0. The predicted molar refractivity (Wildman–Crippen MR) is 78.8 cm³/mol. The van der Waals surface area contributed by atoms with Gasteiger partial charge in [0.05, 0.1) is 24.9 Å². The molecule has 4 heteroatoms. The molecule has 2 atom stereocenters. The fourth-order valence-corrected chi connectivity index (χ4v) is 2.30. The quantitative estimate of drug-likeness (QED) is 0.775. The van der Waals surface area contributed by atoms with Crippen molar-refractivity contribution < 1.29 is 9.47 Å². The zero-order chi connectivity index (χ0) is 14.2. The van der Waals surface area contributed by atoms with Crippen molar-refractivity contribution in [3.63, 3.8) is 0 Å². The SMILES string of the molecule is CC1CCC(CNc2cccc(OCCCC#N)c2)O1. The number of nitriles is 1. The van der Waals surface area contributed by atoms with Crippen LogP contribution in [0.25, 0.3) is 0 Å². The lowest BCUT2D eigenvalue weighted by molar-refractivity contribution is 0.0637. The average Bonchev–Trinajstić information content (AvgIpc) is 2.88. The van der Waals surface area contributed by atoms with E-state index in [2.05, 4.69) is 18.3 Å². The minimum atomic E-state index is 0.310. The number of benzene rings is 1. The first-order valence-electron chi connectivity index (χ1n) is 7.27. The number of nitrogens with one attached hydrogen (secondary N) is 1. The van der Waals surface area contributed by atoms with Crippen molar-refractivity contribution in [3.05, 3.63) is 24.3 Å². The van der Waals surface area contributed by atoms with E-state index in [9.17, 15) is 0 Å². The van der Waals surface area contributed by atoms with E-state index in [1.54, 1.807) is 0 Å². The van der Waals surface area contributed by atoms with Crippen LogP contribution in [0.15, 0.2) is 24.3 Å². The molecule has 0 radical (unpaired) electrons. The van der Waals surface area contributed by atoms with E-state index in [0.717, 1.165) is 37.2 Å². The molecule has 0 bridgehead atoms. The molecule has 0 amide bonds. The molecule has 1 aromatic rings. The molecule has 1 aliphatic heterocycles. The van der Waals surface area contributed by atoms with E-state index in [1.165, 1.54) is 0 Å². The highest BCUT2D eigenvalue weighted by atomic mass is 16.5. The molecule has 4 nitrogen and oxygen atoms in total. The van der Waals surface area contributed by atoms with Crippen LogP contribution in [-0.4, -0.2) is 25.4 Å². The van der Waals surface area contributed by atoms with Gasteiger partial charge in [0, 0.05) is 24.7 Å². The Morgan fingerprint density at radius 2 is 2.35 bits per heavy atom. The van der Waals surface area contributed by atoms with Gasteiger partial charge >= 0.3 is 0 Å². The number of unbranched alkanes of at least 4 members (excludes halogenated alkanes) is 1. The Balaban J connectivity index is 1.76. The van der Waals surface area contributed by atoms with Crippen LogP contribution < -0.4 is 10.1 Å². The summed E-state index contributed by atoms with van der Waals surface area (Å²) in [6, 6.07) is 10.0. The van der Waals surface area contributed by atoms with E-state index >= 15 is 0 Å². The maximum absolute atomic E-state index is 8.47. The van der Waals surface area contributed by atoms with Crippen LogP contribution in [0.2, 0.25) is 0 Å². The Labute approximate surface area is 120 Å². The van der Waals surface area contributed by atoms with Crippen LogP contribution in [0.5, 0.6) is 5.75 Å². The van der Waals surface area contributed by atoms with E-state index in [4.69, 9.17) is 14.7 Å². The minimum absolute atomic E-state index is 0.310. The summed E-state index contributed by atoms with van der Waals surface area (Å²) >= 11 is 0. The molecule has 0 spiro atoms. The largest absolute Gasteiger partial charge is 0.493 e. The molecule has 2 rings (SSSR count). The second-order valence-corrected chi connectivity index (χ2v) is 5.16. The Morgan fingerprint density at radius 1 is 1.45 bits per heavy atom. The van der Waals surface area contributed by atoms with Gasteiger partial charge in [0.2, 0.25) is 0 Å². The van der Waals surface area contributed by atoms with Gasteiger partial charge in [0.1, 0.15) is 5.75 Å². The van der Waals surface area contributed by atoms with Crippen LogP contribution in [-0.2, 0) is 4.74 Å². The van der Waals surface area contributed by atoms with E-state index in [1.807, 2.05) is 24.3 Å². The third-order valence-electron chi connectivity index (χ3n) is 3.39. The van der Waals surface area contributed by atoms with Crippen molar-refractivity contribution >= 4 is 5.69 Å². The molecule has 0 saturated carbocycles. The average molecular weight is 274 g/mol. The van der Waals surface area contributed by atoms with Gasteiger partial charge in [-0.25, -0.2) is 0 Å². The predicted octanol–water partition coefficient (Wildman–Crippen LogP) is 3.35. The summed E-state index contributed by atoms with van der Waals surface area (Å²) in [5, 5.41) is 11.9. The molecule has 1 aliphatic rings. The fourth-order valence-electron chi connectivity index (χ4n) is 2.30. The second kappa shape index (κ2) is 7.76. The number of hydrogen-bond acceptors (Lipinski definition) is 4. The van der Waals surface area contributed by atoms with E-state index in [0.29, 0.717) is 25.2 Å². The van der Waals surface area contributed by atoms with Gasteiger partial charge in [-0.05, 0) is 38.3 Å². The number of anilines is 1.